The van der Waals surface area contributed by atoms with E-state index in [1.807, 2.05) is 41.8 Å². The molecule has 20 heavy (non-hydrogen) atoms. The fourth-order valence-corrected chi connectivity index (χ4v) is 2.81. The van der Waals surface area contributed by atoms with Crippen molar-refractivity contribution in [3.63, 3.8) is 0 Å². The van der Waals surface area contributed by atoms with Crippen LogP contribution in [0, 0.1) is 0 Å². The van der Waals surface area contributed by atoms with E-state index in [0.29, 0.717) is 6.54 Å². The molecule has 0 saturated carbocycles. The van der Waals surface area contributed by atoms with Crippen LogP contribution in [0.2, 0.25) is 0 Å². The first-order valence-corrected chi connectivity index (χ1v) is 7.82. The number of rotatable bonds is 7. The molecule has 1 amide bonds. The molecule has 0 unspecified atom stereocenters. The van der Waals surface area contributed by atoms with Gasteiger partial charge >= 0.3 is 0 Å². The fraction of sp³-hybridized carbons (Fsp3) is 0.312. The van der Waals surface area contributed by atoms with Crippen molar-refractivity contribution >= 4 is 17.2 Å². The normalized spacial score (nSPS) is 10.4. The Morgan fingerprint density at radius 2 is 1.90 bits per heavy atom. The molecule has 0 saturated heterocycles. The molecule has 1 aromatic carbocycles. The van der Waals surface area contributed by atoms with Gasteiger partial charge in [-0.2, -0.15) is 0 Å². The maximum Gasteiger partial charge on any atom is 0.262 e. The SMILES string of the molecule is CCCNCCNC(=O)c1sccc1-c1ccccc1. The Morgan fingerprint density at radius 1 is 1.10 bits per heavy atom. The molecular weight excluding hydrogens is 268 g/mol. The van der Waals surface area contributed by atoms with Crippen molar-refractivity contribution in [2.24, 2.45) is 0 Å². The monoisotopic (exact) mass is 288 g/mol. The van der Waals surface area contributed by atoms with Gasteiger partial charge in [-0.25, -0.2) is 0 Å². The standard InChI is InChI=1S/C16H20N2OS/c1-2-9-17-10-11-18-16(19)15-14(8-12-20-15)13-6-4-3-5-7-13/h3-8,12,17H,2,9-11H2,1H3,(H,18,19). The number of benzene rings is 1. The van der Waals surface area contributed by atoms with Crippen molar-refractivity contribution in [1.82, 2.24) is 10.6 Å². The summed E-state index contributed by atoms with van der Waals surface area (Å²) >= 11 is 1.49. The fourth-order valence-electron chi connectivity index (χ4n) is 1.98. The Kier molecular flexibility index (Phi) is 5.77. The molecule has 0 aliphatic carbocycles. The van der Waals surface area contributed by atoms with Crippen LogP contribution < -0.4 is 10.6 Å². The van der Waals surface area contributed by atoms with Crippen LogP contribution in [0.15, 0.2) is 41.8 Å². The Bertz CT molecular complexity index is 536. The van der Waals surface area contributed by atoms with E-state index in [4.69, 9.17) is 0 Å². The van der Waals surface area contributed by atoms with Gasteiger partial charge in [-0.15, -0.1) is 11.3 Å². The quantitative estimate of drug-likeness (QED) is 0.769. The highest BCUT2D eigenvalue weighted by atomic mass is 32.1. The highest BCUT2D eigenvalue weighted by Gasteiger charge is 2.13. The second-order valence-electron chi connectivity index (χ2n) is 4.54. The van der Waals surface area contributed by atoms with Gasteiger partial charge in [-0.05, 0) is 30.0 Å². The molecule has 2 rings (SSSR count). The first kappa shape index (κ1) is 14.8. The van der Waals surface area contributed by atoms with Crippen molar-refractivity contribution in [1.29, 1.82) is 0 Å². The van der Waals surface area contributed by atoms with Crippen LogP contribution >= 0.6 is 11.3 Å². The van der Waals surface area contributed by atoms with Gasteiger partial charge in [0.2, 0.25) is 0 Å². The molecule has 0 aliphatic heterocycles. The Labute approximate surface area is 124 Å². The van der Waals surface area contributed by atoms with E-state index < -0.39 is 0 Å². The lowest BCUT2D eigenvalue weighted by atomic mass is 10.1. The summed E-state index contributed by atoms with van der Waals surface area (Å²) in [5.74, 6) is 0.0113. The first-order chi connectivity index (χ1) is 9.83. The largest absolute Gasteiger partial charge is 0.350 e. The van der Waals surface area contributed by atoms with Crippen LogP contribution in [-0.4, -0.2) is 25.5 Å². The number of thiophene rings is 1. The van der Waals surface area contributed by atoms with Gasteiger partial charge in [0.1, 0.15) is 0 Å². The van der Waals surface area contributed by atoms with Crippen LogP contribution in [-0.2, 0) is 0 Å². The van der Waals surface area contributed by atoms with Crippen molar-refractivity contribution in [3.8, 4) is 11.1 Å². The van der Waals surface area contributed by atoms with Crippen LogP contribution in [0.1, 0.15) is 23.0 Å². The van der Waals surface area contributed by atoms with Gasteiger partial charge in [-0.3, -0.25) is 4.79 Å². The summed E-state index contributed by atoms with van der Waals surface area (Å²) in [7, 11) is 0. The maximum absolute atomic E-state index is 12.2. The predicted molar refractivity (Wildman–Crippen MR) is 85.2 cm³/mol. The lowest BCUT2D eigenvalue weighted by molar-refractivity contribution is 0.0958. The first-order valence-electron chi connectivity index (χ1n) is 6.94. The van der Waals surface area contributed by atoms with Crippen LogP contribution in [0.4, 0.5) is 0 Å². The van der Waals surface area contributed by atoms with Crippen molar-refractivity contribution < 1.29 is 4.79 Å². The van der Waals surface area contributed by atoms with Crippen molar-refractivity contribution in [2.45, 2.75) is 13.3 Å². The smallest absolute Gasteiger partial charge is 0.262 e. The van der Waals surface area contributed by atoms with E-state index in [1.54, 1.807) is 0 Å². The highest BCUT2D eigenvalue weighted by Crippen LogP contribution is 2.27. The molecule has 0 atom stereocenters. The average molecular weight is 288 g/mol. The maximum atomic E-state index is 12.2. The average Bonchev–Trinajstić information content (AvgIpc) is 2.97. The lowest BCUT2D eigenvalue weighted by Gasteiger charge is -2.07. The lowest BCUT2D eigenvalue weighted by Crippen LogP contribution is -2.31. The zero-order valence-corrected chi connectivity index (χ0v) is 12.5. The summed E-state index contributed by atoms with van der Waals surface area (Å²) in [6, 6.07) is 12.0. The summed E-state index contributed by atoms with van der Waals surface area (Å²) in [6.45, 7) is 4.59. The van der Waals surface area contributed by atoms with E-state index >= 15 is 0 Å². The molecule has 0 aliphatic rings. The van der Waals surface area contributed by atoms with E-state index in [9.17, 15) is 4.79 Å². The molecule has 1 heterocycles. The number of amides is 1. The molecule has 0 fully saturated rings. The zero-order chi connectivity index (χ0) is 14.2. The third-order valence-electron chi connectivity index (χ3n) is 2.97. The molecule has 1 aromatic heterocycles. The zero-order valence-electron chi connectivity index (χ0n) is 11.7. The molecule has 0 radical (unpaired) electrons. The topological polar surface area (TPSA) is 41.1 Å². The van der Waals surface area contributed by atoms with Crippen LogP contribution in [0.3, 0.4) is 0 Å². The summed E-state index contributed by atoms with van der Waals surface area (Å²) in [5.41, 5.74) is 2.10. The minimum absolute atomic E-state index is 0.0113. The van der Waals surface area contributed by atoms with E-state index in [-0.39, 0.29) is 5.91 Å². The molecular formula is C16H20N2OS. The number of hydrogen-bond donors (Lipinski definition) is 2. The van der Waals surface area contributed by atoms with E-state index in [1.165, 1.54) is 11.3 Å². The Morgan fingerprint density at radius 3 is 2.65 bits per heavy atom. The minimum Gasteiger partial charge on any atom is -0.350 e. The summed E-state index contributed by atoms with van der Waals surface area (Å²) in [4.78, 5) is 13.0. The second kappa shape index (κ2) is 7.82. The second-order valence-corrected chi connectivity index (χ2v) is 5.45. The van der Waals surface area contributed by atoms with Gasteiger partial charge in [0.05, 0.1) is 4.88 Å². The molecule has 2 N–H and O–H groups in total. The van der Waals surface area contributed by atoms with Crippen molar-refractivity contribution in [3.05, 3.63) is 46.7 Å². The number of carbonyl (C=O) groups is 1. The molecule has 4 heteroatoms. The van der Waals surface area contributed by atoms with Crippen LogP contribution in [0.5, 0.6) is 0 Å². The minimum atomic E-state index is 0.0113. The van der Waals surface area contributed by atoms with Crippen molar-refractivity contribution in [2.75, 3.05) is 19.6 Å². The summed E-state index contributed by atoms with van der Waals surface area (Å²) < 4.78 is 0. The summed E-state index contributed by atoms with van der Waals surface area (Å²) in [6.07, 6.45) is 1.11. The molecule has 3 nitrogen and oxygen atoms in total. The number of nitrogens with one attached hydrogen (secondary N) is 2. The number of hydrogen-bond acceptors (Lipinski definition) is 3. The Balaban J connectivity index is 1.96. The molecule has 0 bridgehead atoms. The highest BCUT2D eigenvalue weighted by molar-refractivity contribution is 7.12. The molecule has 2 aromatic rings. The molecule has 106 valence electrons. The molecule has 0 spiro atoms. The van der Waals surface area contributed by atoms with Gasteiger partial charge in [-0.1, -0.05) is 37.3 Å². The third-order valence-corrected chi connectivity index (χ3v) is 3.88. The number of carbonyl (C=O) groups excluding carboxylic acids is 1. The van der Waals surface area contributed by atoms with E-state index in [0.717, 1.165) is 35.5 Å². The summed E-state index contributed by atoms with van der Waals surface area (Å²) in [5, 5.41) is 8.20. The van der Waals surface area contributed by atoms with Gasteiger partial charge in [0.15, 0.2) is 0 Å². The van der Waals surface area contributed by atoms with E-state index in [2.05, 4.69) is 17.6 Å². The van der Waals surface area contributed by atoms with Crippen LogP contribution in [0.25, 0.3) is 11.1 Å². The Hall–Kier alpha value is -1.65. The van der Waals surface area contributed by atoms with Gasteiger partial charge in [0, 0.05) is 18.7 Å². The van der Waals surface area contributed by atoms with Gasteiger partial charge in [0.25, 0.3) is 5.91 Å². The third kappa shape index (κ3) is 3.92. The van der Waals surface area contributed by atoms with Gasteiger partial charge < -0.3 is 10.6 Å². The predicted octanol–water partition coefficient (Wildman–Crippen LogP) is 3.14.